The zero-order valence-corrected chi connectivity index (χ0v) is 13.6. The molecule has 0 bridgehead atoms. The molecule has 1 aliphatic carbocycles. The Balaban J connectivity index is 2.38. The summed E-state index contributed by atoms with van der Waals surface area (Å²) in [5.41, 5.74) is 5.66. The van der Waals surface area contributed by atoms with Crippen molar-refractivity contribution in [1.29, 1.82) is 0 Å². The van der Waals surface area contributed by atoms with Gasteiger partial charge in [0.2, 0.25) is 5.91 Å². The Morgan fingerprint density at radius 1 is 1.35 bits per heavy atom. The van der Waals surface area contributed by atoms with Crippen LogP contribution in [0.1, 0.15) is 59.8 Å². The maximum atomic E-state index is 12.1. The maximum absolute atomic E-state index is 12.1. The first kappa shape index (κ1) is 17.4. The van der Waals surface area contributed by atoms with Crippen LogP contribution >= 0.6 is 0 Å². The summed E-state index contributed by atoms with van der Waals surface area (Å²) in [6, 6.07) is 0. The second-order valence-electron chi connectivity index (χ2n) is 6.74. The molecule has 0 heterocycles. The summed E-state index contributed by atoms with van der Waals surface area (Å²) in [5.74, 6) is 1.06. The molecule has 3 atom stereocenters. The smallest absolute Gasteiger partial charge is 0.249 e. The van der Waals surface area contributed by atoms with E-state index in [0.717, 1.165) is 13.0 Å². The number of hydrogen-bond donors (Lipinski definition) is 2. The molecule has 4 heteroatoms. The Morgan fingerprint density at radius 2 is 1.95 bits per heavy atom. The summed E-state index contributed by atoms with van der Waals surface area (Å²) in [6.45, 7) is 9.36. The van der Waals surface area contributed by atoms with Gasteiger partial charge in [0, 0.05) is 5.54 Å². The third-order valence-electron chi connectivity index (χ3n) is 4.64. The summed E-state index contributed by atoms with van der Waals surface area (Å²) in [6.07, 6.45) is 5.43. The van der Waals surface area contributed by atoms with Crippen LogP contribution in [0.15, 0.2) is 0 Å². The molecular weight excluding hydrogens is 252 g/mol. The topological polar surface area (TPSA) is 64.3 Å². The quantitative estimate of drug-likeness (QED) is 0.755. The molecule has 1 amide bonds. The van der Waals surface area contributed by atoms with Crippen molar-refractivity contribution < 1.29 is 9.53 Å². The molecule has 0 saturated heterocycles. The van der Waals surface area contributed by atoms with E-state index < -0.39 is 0 Å². The summed E-state index contributed by atoms with van der Waals surface area (Å²) in [7, 11) is 0. The lowest BCUT2D eigenvalue weighted by Crippen LogP contribution is -2.47. The fourth-order valence-electron chi connectivity index (χ4n) is 2.68. The number of nitrogens with two attached hydrogens (primary N) is 1. The molecular formula is C16H32N2O2. The molecule has 0 spiro atoms. The van der Waals surface area contributed by atoms with Crippen molar-refractivity contribution in [1.82, 2.24) is 5.32 Å². The number of amides is 1. The highest BCUT2D eigenvalue weighted by Crippen LogP contribution is 2.29. The number of rotatable bonds is 7. The first-order valence-corrected chi connectivity index (χ1v) is 8.03. The molecule has 1 saturated carbocycles. The van der Waals surface area contributed by atoms with Gasteiger partial charge in [-0.3, -0.25) is 4.79 Å². The number of nitrogens with one attached hydrogen (secondary N) is 1. The highest BCUT2D eigenvalue weighted by atomic mass is 16.5. The molecule has 0 aliphatic heterocycles. The molecule has 20 heavy (non-hydrogen) atoms. The third-order valence-corrected chi connectivity index (χ3v) is 4.64. The second-order valence-corrected chi connectivity index (χ2v) is 6.74. The van der Waals surface area contributed by atoms with E-state index in [2.05, 4.69) is 12.2 Å². The van der Waals surface area contributed by atoms with E-state index in [-0.39, 0.29) is 17.6 Å². The molecule has 0 aromatic rings. The Labute approximate surface area is 123 Å². The van der Waals surface area contributed by atoms with E-state index in [1.165, 1.54) is 25.7 Å². The largest absolute Gasteiger partial charge is 0.368 e. The molecule has 3 unspecified atom stereocenters. The lowest BCUT2D eigenvalue weighted by atomic mass is 9.80. The Morgan fingerprint density at radius 3 is 2.50 bits per heavy atom. The van der Waals surface area contributed by atoms with Crippen LogP contribution in [-0.4, -0.2) is 30.7 Å². The number of carbonyl (C=O) groups excluding carboxylic acids is 1. The van der Waals surface area contributed by atoms with E-state index in [0.29, 0.717) is 18.4 Å². The van der Waals surface area contributed by atoms with Crippen LogP contribution in [0.2, 0.25) is 0 Å². The van der Waals surface area contributed by atoms with Crippen molar-refractivity contribution >= 4 is 5.91 Å². The number of carbonyl (C=O) groups is 1. The van der Waals surface area contributed by atoms with E-state index in [1.54, 1.807) is 0 Å². The van der Waals surface area contributed by atoms with Gasteiger partial charge in [0.15, 0.2) is 0 Å². The maximum Gasteiger partial charge on any atom is 0.249 e. The number of hydrogen-bond acceptors (Lipinski definition) is 3. The van der Waals surface area contributed by atoms with Gasteiger partial charge in [0.05, 0.1) is 6.61 Å². The van der Waals surface area contributed by atoms with Gasteiger partial charge in [-0.25, -0.2) is 0 Å². The Bertz CT molecular complexity index is 305. The van der Waals surface area contributed by atoms with E-state index in [4.69, 9.17) is 10.5 Å². The van der Waals surface area contributed by atoms with Crippen molar-refractivity contribution in [2.75, 3.05) is 13.2 Å². The van der Waals surface area contributed by atoms with Crippen molar-refractivity contribution in [3.05, 3.63) is 0 Å². The Hall–Kier alpha value is -0.610. The molecule has 1 aliphatic rings. The predicted octanol–water partition coefficient (Wildman–Crippen LogP) is 2.46. The fourth-order valence-corrected chi connectivity index (χ4v) is 2.68. The van der Waals surface area contributed by atoms with Crippen LogP contribution < -0.4 is 11.1 Å². The SMILES string of the molecule is CCC(C)(C)NC(=O)C(C)OCC1CCCCC1CN. The van der Waals surface area contributed by atoms with Crippen LogP contribution in [-0.2, 0) is 9.53 Å². The Kier molecular flexibility index (Phi) is 6.96. The molecule has 0 aromatic carbocycles. The third kappa shape index (κ3) is 5.41. The van der Waals surface area contributed by atoms with E-state index in [9.17, 15) is 4.79 Å². The van der Waals surface area contributed by atoms with Gasteiger partial charge in [-0.1, -0.05) is 19.8 Å². The summed E-state index contributed by atoms with van der Waals surface area (Å²) in [4.78, 5) is 12.1. The minimum absolute atomic E-state index is 0.0167. The van der Waals surface area contributed by atoms with Gasteiger partial charge in [0.1, 0.15) is 6.10 Å². The first-order chi connectivity index (χ1) is 9.39. The van der Waals surface area contributed by atoms with Gasteiger partial charge < -0.3 is 15.8 Å². The second kappa shape index (κ2) is 7.99. The van der Waals surface area contributed by atoms with E-state index >= 15 is 0 Å². The zero-order chi connectivity index (χ0) is 15.2. The van der Waals surface area contributed by atoms with Crippen molar-refractivity contribution in [2.24, 2.45) is 17.6 Å². The van der Waals surface area contributed by atoms with Crippen LogP contribution in [0.4, 0.5) is 0 Å². The van der Waals surface area contributed by atoms with Crippen molar-refractivity contribution in [3.63, 3.8) is 0 Å². The van der Waals surface area contributed by atoms with E-state index in [1.807, 2.05) is 20.8 Å². The first-order valence-electron chi connectivity index (χ1n) is 8.03. The number of ether oxygens (including phenoxy) is 1. The highest BCUT2D eigenvalue weighted by molar-refractivity contribution is 5.81. The zero-order valence-electron chi connectivity index (χ0n) is 13.6. The van der Waals surface area contributed by atoms with Gasteiger partial charge >= 0.3 is 0 Å². The normalized spacial score (nSPS) is 25.2. The van der Waals surface area contributed by atoms with Gasteiger partial charge in [-0.15, -0.1) is 0 Å². The molecule has 0 aromatic heterocycles. The van der Waals surface area contributed by atoms with Crippen molar-refractivity contribution in [2.45, 2.75) is 71.4 Å². The van der Waals surface area contributed by atoms with Gasteiger partial charge in [0.25, 0.3) is 0 Å². The molecule has 1 fully saturated rings. The summed E-state index contributed by atoms with van der Waals surface area (Å²) >= 11 is 0. The minimum Gasteiger partial charge on any atom is -0.368 e. The van der Waals surface area contributed by atoms with Crippen LogP contribution in [0, 0.1) is 11.8 Å². The average molecular weight is 284 g/mol. The monoisotopic (exact) mass is 284 g/mol. The van der Waals surface area contributed by atoms with Gasteiger partial charge in [-0.05, 0) is 58.4 Å². The summed E-state index contributed by atoms with van der Waals surface area (Å²) < 4.78 is 5.80. The lowest BCUT2D eigenvalue weighted by Gasteiger charge is -2.32. The molecule has 4 nitrogen and oxygen atoms in total. The van der Waals surface area contributed by atoms with Gasteiger partial charge in [-0.2, -0.15) is 0 Å². The lowest BCUT2D eigenvalue weighted by molar-refractivity contribution is -0.134. The highest BCUT2D eigenvalue weighted by Gasteiger charge is 2.27. The summed E-state index contributed by atoms with van der Waals surface area (Å²) in [5, 5.41) is 3.03. The molecule has 1 rings (SSSR count). The van der Waals surface area contributed by atoms with Crippen LogP contribution in [0.25, 0.3) is 0 Å². The standard InChI is InChI=1S/C16H32N2O2/c1-5-16(3,4)18-15(19)12(2)20-11-14-9-7-6-8-13(14)10-17/h12-14H,5-11,17H2,1-4H3,(H,18,19). The average Bonchev–Trinajstić information content (AvgIpc) is 2.44. The fraction of sp³-hybridized carbons (Fsp3) is 0.938. The minimum atomic E-state index is -0.388. The van der Waals surface area contributed by atoms with Crippen LogP contribution in [0.5, 0.6) is 0 Å². The predicted molar refractivity (Wildman–Crippen MR) is 82.4 cm³/mol. The van der Waals surface area contributed by atoms with Crippen LogP contribution in [0.3, 0.4) is 0 Å². The molecule has 118 valence electrons. The molecule has 3 N–H and O–H groups in total. The molecule has 0 radical (unpaired) electrons. The van der Waals surface area contributed by atoms with Crippen molar-refractivity contribution in [3.8, 4) is 0 Å².